The molecule has 0 amide bonds. The Morgan fingerprint density at radius 2 is 1.75 bits per heavy atom. The van der Waals surface area contributed by atoms with Gasteiger partial charge in [-0.3, -0.25) is 6.08 Å². The first-order valence-corrected chi connectivity index (χ1v) is 14.5. The SMILES string of the molecule is C[Si](C)=[Zr+2].Cc1[c-]c2c(cc1)-c1ccc(C)cc1C2.[C-]1=CC=CC1. The average Bonchev–Trinajstić information content (AvgIpc) is 3.16. The number of rotatable bonds is 0. The third-order valence-electron chi connectivity index (χ3n) is 3.68. The number of aryl methyl sites for hydroxylation is 2. The molecule has 0 saturated carbocycles. The van der Waals surface area contributed by atoms with Crippen molar-refractivity contribution in [2.75, 3.05) is 0 Å². The smallest absolute Gasteiger partial charge is 0.0253 e. The Kier molecular flexibility index (Phi) is 7.65. The largest absolute Gasteiger partial charge is 0.273 e. The molecule has 0 fully saturated rings. The fourth-order valence-corrected chi connectivity index (χ4v) is 2.71. The molecule has 0 bridgehead atoms. The molecule has 2 heteroatoms. The molecule has 2 aromatic rings. The van der Waals surface area contributed by atoms with Crippen molar-refractivity contribution in [2.24, 2.45) is 0 Å². The quantitative estimate of drug-likeness (QED) is 0.328. The second-order valence-corrected chi connectivity index (χ2v) is 15.7. The maximum atomic E-state index is 3.45. The number of benzene rings is 2. The van der Waals surface area contributed by atoms with Crippen LogP contribution >= 0.6 is 0 Å². The Morgan fingerprint density at radius 3 is 2.33 bits per heavy atom. The summed E-state index contributed by atoms with van der Waals surface area (Å²) >= 11 is 1.74. The van der Waals surface area contributed by atoms with Gasteiger partial charge < -0.3 is 0 Å². The van der Waals surface area contributed by atoms with Crippen LogP contribution in [0.2, 0.25) is 13.1 Å². The van der Waals surface area contributed by atoms with Crippen molar-refractivity contribution in [3.63, 3.8) is 0 Å². The number of hydrogen-bond acceptors (Lipinski definition) is 0. The Bertz CT molecular complexity index is 721. The molecule has 0 atom stereocenters. The second kappa shape index (κ2) is 9.49. The predicted molar refractivity (Wildman–Crippen MR) is 102 cm³/mol. The summed E-state index contributed by atoms with van der Waals surface area (Å²) in [4.78, 5) is 0. The summed E-state index contributed by atoms with van der Waals surface area (Å²) in [5.41, 5.74) is 8.36. The summed E-state index contributed by atoms with van der Waals surface area (Å²) in [7, 11) is 0. The Labute approximate surface area is 162 Å². The van der Waals surface area contributed by atoms with Crippen LogP contribution in [-0.2, 0) is 29.8 Å². The standard InChI is InChI=1S/C15H13.C5H5.C2H6Si.Zr/c1-10-3-5-14-12(7-10)9-13-8-11(2)4-6-15(13)14;1-2-4-5-3-1;1-3-2;/h3-7H,9H2,1-2H3;1-3H,4H2;1-2H3;/q2*-1;;+2. The maximum Gasteiger partial charge on any atom is -0.0253 e. The second-order valence-electron chi connectivity index (χ2n) is 6.37. The van der Waals surface area contributed by atoms with Crippen LogP contribution in [0.15, 0.2) is 48.6 Å². The third-order valence-corrected chi connectivity index (χ3v) is 3.68. The van der Waals surface area contributed by atoms with Gasteiger partial charge in [-0.05, 0) is 18.9 Å². The molecule has 24 heavy (non-hydrogen) atoms. The Balaban J connectivity index is 0.000000192. The first-order chi connectivity index (χ1) is 11.5. The van der Waals surface area contributed by atoms with Crippen molar-refractivity contribution in [2.45, 2.75) is 39.8 Å². The molecule has 0 aliphatic heterocycles. The van der Waals surface area contributed by atoms with Gasteiger partial charge in [-0.25, -0.2) is 12.2 Å². The van der Waals surface area contributed by atoms with E-state index < -0.39 is 0 Å². The molecule has 0 heterocycles. The van der Waals surface area contributed by atoms with E-state index in [1.54, 1.807) is 23.3 Å². The van der Waals surface area contributed by atoms with E-state index in [4.69, 9.17) is 0 Å². The van der Waals surface area contributed by atoms with Crippen LogP contribution in [-0.4, -0.2) is 5.43 Å². The van der Waals surface area contributed by atoms with E-state index >= 15 is 0 Å². The van der Waals surface area contributed by atoms with E-state index in [0.29, 0.717) is 0 Å². The van der Waals surface area contributed by atoms with Gasteiger partial charge in [0.15, 0.2) is 0 Å². The molecular weight excluding hydrogens is 384 g/mol. The maximum absolute atomic E-state index is 3.45. The molecular formula is C22H24SiZr. The molecule has 0 aromatic heterocycles. The Hall–Kier alpha value is -0.980. The van der Waals surface area contributed by atoms with Crippen LogP contribution in [0.1, 0.15) is 28.7 Å². The van der Waals surface area contributed by atoms with E-state index in [2.05, 4.69) is 75.5 Å². The zero-order valence-electron chi connectivity index (χ0n) is 15.0. The van der Waals surface area contributed by atoms with E-state index in [1.165, 1.54) is 33.4 Å². The topological polar surface area (TPSA) is 0 Å². The van der Waals surface area contributed by atoms with Crippen LogP contribution in [0.3, 0.4) is 0 Å². The number of fused-ring (bicyclic) bond motifs is 3. The van der Waals surface area contributed by atoms with Crippen molar-refractivity contribution < 1.29 is 23.3 Å². The summed E-state index contributed by atoms with van der Waals surface area (Å²) in [6, 6.07) is 14.5. The molecule has 2 aromatic carbocycles. The molecule has 120 valence electrons. The molecule has 0 saturated heterocycles. The van der Waals surface area contributed by atoms with E-state index in [1.807, 2.05) is 12.2 Å². The summed E-state index contributed by atoms with van der Waals surface area (Å²) < 4.78 is 0. The van der Waals surface area contributed by atoms with E-state index in [-0.39, 0.29) is 5.43 Å². The van der Waals surface area contributed by atoms with Crippen molar-refractivity contribution in [3.8, 4) is 11.1 Å². The minimum atomic E-state index is 0.210. The van der Waals surface area contributed by atoms with Gasteiger partial charge in [0.25, 0.3) is 0 Å². The Morgan fingerprint density at radius 1 is 1.04 bits per heavy atom. The molecule has 2 aliphatic rings. The van der Waals surface area contributed by atoms with Gasteiger partial charge in [0.1, 0.15) is 0 Å². The third kappa shape index (κ3) is 5.83. The first kappa shape index (κ1) is 19.3. The van der Waals surface area contributed by atoms with Crippen LogP contribution in [0.25, 0.3) is 11.1 Å². The predicted octanol–water partition coefficient (Wildman–Crippen LogP) is 5.76. The number of allylic oxidation sites excluding steroid dienone is 4. The molecule has 0 nitrogen and oxygen atoms in total. The van der Waals surface area contributed by atoms with Crippen molar-refractivity contribution in [3.05, 3.63) is 83.0 Å². The van der Waals surface area contributed by atoms with Crippen molar-refractivity contribution in [1.29, 1.82) is 0 Å². The van der Waals surface area contributed by atoms with Gasteiger partial charge in [0.05, 0.1) is 0 Å². The fraction of sp³-hybridized carbons (Fsp3) is 0.273. The monoisotopic (exact) mass is 406 g/mol. The summed E-state index contributed by atoms with van der Waals surface area (Å²) in [5.74, 6) is 0. The van der Waals surface area contributed by atoms with Crippen molar-refractivity contribution >= 4 is 5.43 Å². The van der Waals surface area contributed by atoms with Crippen LogP contribution < -0.4 is 0 Å². The minimum absolute atomic E-state index is 0.210. The first-order valence-electron chi connectivity index (χ1n) is 8.32. The van der Waals surface area contributed by atoms with Gasteiger partial charge in [0, 0.05) is 0 Å². The van der Waals surface area contributed by atoms with Gasteiger partial charge in [-0.2, -0.15) is 29.8 Å². The van der Waals surface area contributed by atoms with E-state index in [9.17, 15) is 0 Å². The minimum Gasteiger partial charge on any atom is -0.273 e. The normalized spacial score (nSPS) is 12.6. The molecule has 2 aliphatic carbocycles. The van der Waals surface area contributed by atoms with Gasteiger partial charge in [-0.15, -0.1) is 17.5 Å². The molecule has 4 rings (SSSR count). The molecule has 0 radical (unpaired) electrons. The van der Waals surface area contributed by atoms with Crippen LogP contribution in [0.5, 0.6) is 0 Å². The van der Waals surface area contributed by atoms with Gasteiger partial charge in [-0.1, -0.05) is 36.2 Å². The van der Waals surface area contributed by atoms with Gasteiger partial charge >= 0.3 is 41.9 Å². The van der Waals surface area contributed by atoms with Crippen LogP contribution in [0.4, 0.5) is 0 Å². The summed E-state index contributed by atoms with van der Waals surface area (Å²) in [5, 5.41) is 0. The molecule has 0 N–H and O–H groups in total. The van der Waals surface area contributed by atoms with Crippen LogP contribution in [0, 0.1) is 26.0 Å². The fourth-order valence-electron chi connectivity index (χ4n) is 2.71. The van der Waals surface area contributed by atoms with Gasteiger partial charge in [0.2, 0.25) is 0 Å². The molecule has 0 spiro atoms. The zero-order chi connectivity index (χ0) is 17.5. The summed E-state index contributed by atoms with van der Waals surface area (Å²) in [6.07, 6.45) is 11.0. The molecule has 0 unspecified atom stereocenters. The summed E-state index contributed by atoms with van der Waals surface area (Å²) in [6.45, 7) is 8.87. The van der Waals surface area contributed by atoms with E-state index in [0.717, 1.165) is 12.8 Å². The van der Waals surface area contributed by atoms with Crippen molar-refractivity contribution in [1.82, 2.24) is 0 Å². The average molecular weight is 408 g/mol. The number of hydrogen-bond donors (Lipinski definition) is 0. The zero-order valence-corrected chi connectivity index (χ0v) is 18.5.